The van der Waals surface area contributed by atoms with Gasteiger partial charge in [-0.1, -0.05) is 96.9 Å². The fraction of sp³-hybridized carbons (Fsp3) is 0.754. The smallest absolute Gasteiger partial charge is 0.326 e. The summed E-state index contributed by atoms with van der Waals surface area (Å²) in [4.78, 5) is 215. The molecule has 0 aromatic carbocycles. The molecule has 24 N–H and O–H groups in total. The number of carbonyl (C=O) groups excluding carboxylic acids is 12. The van der Waals surface area contributed by atoms with Crippen LogP contribution in [0.15, 0.2) is 0 Å². The molecule has 0 saturated carbocycles. The van der Waals surface area contributed by atoms with Gasteiger partial charge in [-0.25, -0.2) is 4.79 Å². The van der Waals surface area contributed by atoms with Crippen LogP contribution in [0.4, 0.5) is 0 Å². The predicted octanol–water partition coefficient (Wildman–Crippen LogP) is -3.38. The van der Waals surface area contributed by atoms with Gasteiger partial charge in [0.25, 0.3) is 0 Å². The van der Waals surface area contributed by atoms with Crippen LogP contribution in [-0.4, -0.2) is 213 Å². The number of hydrogen-bond donors (Lipinski definition) is 20. The van der Waals surface area contributed by atoms with Crippen molar-refractivity contribution in [2.45, 2.75) is 253 Å². The maximum absolute atomic E-state index is 14.3. The molecule has 0 fully saturated rings. The number of carboxylic acids is 4. The van der Waals surface area contributed by atoms with E-state index in [1.165, 1.54) is 41.5 Å². The van der Waals surface area contributed by atoms with Crippen LogP contribution in [-0.2, 0) is 76.7 Å². The van der Waals surface area contributed by atoms with Crippen LogP contribution >= 0.6 is 0 Å². The lowest BCUT2D eigenvalue weighted by atomic mass is 9.98. The molecule has 36 heteroatoms. The zero-order chi connectivity index (χ0) is 77.9. The number of carboxylic acid groups (broad SMARTS) is 4. The average Bonchev–Trinajstić information content (AvgIpc) is 0.855. The van der Waals surface area contributed by atoms with Crippen molar-refractivity contribution >= 4 is 94.8 Å². The van der Waals surface area contributed by atoms with Crippen LogP contribution in [0, 0.1) is 41.4 Å². The Morgan fingerprint density at radius 2 is 0.426 bits per heavy atom. The van der Waals surface area contributed by atoms with Gasteiger partial charge < -0.3 is 107 Å². The molecule has 0 aromatic heterocycles. The lowest BCUT2D eigenvalue weighted by Gasteiger charge is -2.31. The number of rotatable bonds is 50. The lowest BCUT2D eigenvalue weighted by molar-refractivity contribution is -0.144. The molecular formula is C65H116N16O20. The van der Waals surface area contributed by atoms with Gasteiger partial charge >= 0.3 is 23.9 Å². The number of amides is 12. The number of nitrogens with one attached hydrogen (secondary N) is 12. The van der Waals surface area contributed by atoms with Crippen molar-refractivity contribution < 1.29 is 97.1 Å². The highest BCUT2D eigenvalue weighted by Gasteiger charge is 2.40. The number of nitrogens with two attached hydrogens (primary N) is 4. The van der Waals surface area contributed by atoms with Crippen LogP contribution in [0.25, 0.3) is 0 Å². The molecule has 0 bridgehead atoms. The molecule has 0 aromatic rings. The molecule has 0 unspecified atom stereocenters. The molecule has 0 rings (SSSR count). The van der Waals surface area contributed by atoms with Crippen LogP contribution in [0.2, 0.25) is 0 Å². The first kappa shape index (κ1) is 92.4. The van der Waals surface area contributed by atoms with E-state index in [9.17, 15) is 97.1 Å². The maximum Gasteiger partial charge on any atom is 0.326 e. The Balaban J connectivity index is 6.93. The van der Waals surface area contributed by atoms with Crippen molar-refractivity contribution in [1.29, 1.82) is 0 Å². The highest BCUT2D eigenvalue weighted by Crippen LogP contribution is 2.15. The molecule has 0 heterocycles. The Morgan fingerprint density at radius 3 is 0.584 bits per heavy atom. The molecule has 0 aliphatic rings. The summed E-state index contributed by atoms with van der Waals surface area (Å²) in [5.41, 5.74) is 23.3. The van der Waals surface area contributed by atoms with E-state index in [-0.39, 0.29) is 70.5 Å². The second kappa shape index (κ2) is 46.7. The van der Waals surface area contributed by atoms with E-state index in [0.29, 0.717) is 0 Å². The van der Waals surface area contributed by atoms with E-state index in [2.05, 4.69) is 63.8 Å². The maximum atomic E-state index is 14.3. The minimum Gasteiger partial charge on any atom is -0.481 e. The van der Waals surface area contributed by atoms with Gasteiger partial charge in [-0.15, -0.1) is 0 Å². The van der Waals surface area contributed by atoms with Crippen molar-refractivity contribution in [3.8, 4) is 0 Å². The SMILES string of the molecule is CC(C)[C@H](N)C(=O)N[C@@H](CCC(=O)O)C(=O)N[C@H](C(=O)N[C@@H](CCCN)C(=O)N[C@H](C(=O)N[C@@H](CCC(=O)O)C(=O)N[C@H](C(=O)N[C@@H](CCCN)C(=O)N[C@H](C(=O)N[C@@H](CCC(=O)O)C(=O)N[C@H](C(=O)N[C@@H](CCCN)C(=O)N[C@H](C(=O)O)C(C)C)C(C)C)C(C)C)C(C)C)C(C)C)C(C)C. The first-order chi connectivity index (χ1) is 47.0. The Kier molecular flexibility index (Phi) is 42.7. The molecule has 0 spiro atoms. The molecular weight excluding hydrogens is 1320 g/mol. The third-order valence-electron chi connectivity index (χ3n) is 16.3. The topological polar surface area (TPSA) is 602 Å². The monoisotopic (exact) mass is 1440 g/mol. The molecule has 0 aliphatic heterocycles. The van der Waals surface area contributed by atoms with Crippen molar-refractivity contribution in [1.82, 2.24) is 63.8 Å². The van der Waals surface area contributed by atoms with E-state index in [4.69, 9.17) is 22.9 Å². The molecule has 576 valence electrons. The van der Waals surface area contributed by atoms with Gasteiger partial charge in [0.15, 0.2) is 0 Å². The normalized spacial score (nSPS) is 15.3. The quantitative estimate of drug-likeness (QED) is 0.0283. The fourth-order valence-corrected chi connectivity index (χ4v) is 9.97. The van der Waals surface area contributed by atoms with Crippen LogP contribution < -0.4 is 86.7 Å². The summed E-state index contributed by atoms with van der Waals surface area (Å²) in [6, 6.07) is -18.6. The summed E-state index contributed by atoms with van der Waals surface area (Å²) >= 11 is 0. The van der Waals surface area contributed by atoms with Crippen molar-refractivity contribution in [2.75, 3.05) is 19.6 Å². The molecule has 0 saturated heterocycles. The second-order valence-corrected chi connectivity index (χ2v) is 27.4. The molecule has 101 heavy (non-hydrogen) atoms. The standard InChI is InChI=1S/C65H116N16O20/c1-30(2)46(69)59(94)70-40(21-24-43(82)83)56(91)78-47(31(3)4)60(95)71-37(18-15-27-66)53(88)76-50(34(9)10)63(98)74-41(22-25-44(84)85)57(92)79-48(32(5)6)61(96)72-38(19-16-28-67)54(89)77-51(35(11)12)64(99)75-42(23-26-45(86)87)58(93)80-49(33(7)8)62(97)73-39(20-17-29-68)55(90)81-52(36(13)14)65(100)101/h30-42,46-52H,15-29,66-69H2,1-14H3,(H,70,94)(H,71,95)(H,72,96)(H,73,97)(H,74,98)(H,75,99)(H,76,88)(H,77,89)(H,78,91)(H,79,92)(H,80,93)(H,81,90)(H,82,83)(H,84,85)(H,86,87)(H,100,101)/t37-,38-,39-,40-,41-,42-,46-,47-,48-,49-,50-,51-,52-/m0/s1. The van der Waals surface area contributed by atoms with Crippen molar-refractivity contribution in [3.05, 3.63) is 0 Å². The predicted molar refractivity (Wildman–Crippen MR) is 368 cm³/mol. The highest BCUT2D eigenvalue weighted by molar-refractivity contribution is 6.00. The van der Waals surface area contributed by atoms with E-state index in [1.807, 2.05) is 0 Å². The summed E-state index contributed by atoms with van der Waals surface area (Å²) in [6.45, 7) is 22.0. The summed E-state index contributed by atoms with van der Waals surface area (Å²) in [6.07, 6.45) is -3.13. The minimum atomic E-state index is -1.70. The van der Waals surface area contributed by atoms with Gasteiger partial charge in [-0.2, -0.15) is 0 Å². The van der Waals surface area contributed by atoms with E-state index >= 15 is 0 Å². The summed E-state index contributed by atoms with van der Waals surface area (Å²) in [5.74, 6) is -21.1. The van der Waals surface area contributed by atoms with Crippen LogP contribution in [0.3, 0.4) is 0 Å². The number of hydrogen-bond acceptors (Lipinski definition) is 20. The van der Waals surface area contributed by atoms with Gasteiger partial charge in [0, 0.05) is 19.3 Å². The average molecular weight is 1440 g/mol. The number of carbonyl (C=O) groups is 16. The summed E-state index contributed by atoms with van der Waals surface area (Å²) < 4.78 is 0. The van der Waals surface area contributed by atoms with E-state index in [1.54, 1.807) is 55.4 Å². The third kappa shape index (κ3) is 34.1. The van der Waals surface area contributed by atoms with Gasteiger partial charge in [0.1, 0.15) is 72.5 Å². The van der Waals surface area contributed by atoms with Gasteiger partial charge in [-0.3, -0.25) is 71.9 Å². The van der Waals surface area contributed by atoms with Crippen molar-refractivity contribution in [2.24, 2.45) is 64.4 Å². The Labute approximate surface area is 590 Å². The Bertz CT molecular complexity index is 2800. The van der Waals surface area contributed by atoms with Gasteiger partial charge in [-0.05, 0) is 119 Å². The zero-order valence-electron chi connectivity index (χ0n) is 60.8. The van der Waals surface area contributed by atoms with Crippen LogP contribution in [0.1, 0.15) is 174 Å². The highest BCUT2D eigenvalue weighted by atomic mass is 16.4. The van der Waals surface area contributed by atoms with Gasteiger partial charge in [0.2, 0.25) is 70.9 Å². The Morgan fingerprint density at radius 1 is 0.248 bits per heavy atom. The zero-order valence-corrected chi connectivity index (χ0v) is 60.8. The Hall–Kier alpha value is -8.64. The molecule has 0 radical (unpaired) electrons. The van der Waals surface area contributed by atoms with E-state index in [0.717, 1.165) is 0 Å². The first-order valence-corrected chi connectivity index (χ1v) is 34.4. The summed E-state index contributed by atoms with van der Waals surface area (Å²) in [7, 11) is 0. The van der Waals surface area contributed by atoms with Gasteiger partial charge in [0.05, 0.1) is 6.04 Å². The van der Waals surface area contributed by atoms with Crippen LogP contribution in [0.5, 0.6) is 0 Å². The number of aliphatic carboxylic acids is 4. The summed E-state index contributed by atoms with van der Waals surface area (Å²) in [5, 5.41) is 68.7. The molecule has 36 nitrogen and oxygen atoms in total. The molecule has 12 amide bonds. The molecule has 0 aliphatic carbocycles. The lowest BCUT2D eigenvalue weighted by Crippen LogP contribution is -2.62. The second-order valence-electron chi connectivity index (χ2n) is 27.4. The minimum absolute atomic E-state index is 0.000251. The fourth-order valence-electron chi connectivity index (χ4n) is 9.97. The third-order valence-corrected chi connectivity index (χ3v) is 16.3. The first-order valence-electron chi connectivity index (χ1n) is 34.4. The molecule has 13 atom stereocenters. The largest absolute Gasteiger partial charge is 0.481 e. The van der Waals surface area contributed by atoms with Crippen molar-refractivity contribution in [3.63, 3.8) is 0 Å². The van der Waals surface area contributed by atoms with E-state index < -0.39 is 241 Å².